The molecule has 1 fully saturated rings. The third-order valence-corrected chi connectivity index (χ3v) is 9.09. The fourth-order valence-corrected chi connectivity index (χ4v) is 7.02. The van der Waals surface area contributed by atoms with Crippen LogP contribution in [0.25, 0.3) is 21.0 Å². The number of hydrogen-bond acceptors (Lipinski definition) is 4. The Bertz CT molecular complexity index is 1510. The average Bonchev–Trinajstić information content (AvgIpc) is 3.22. The Labute approximate surface area is 196 Å². The van der Waals surface area contributed by atoms with Crippen molar-refractivity contribution in [1.29, 1.82) is 0 Å². The van der Waals surface area contributed by atoms with Gasteiger partial charge in [0, 0.05) is 30.6 Å². The number of amides is 1. The van der Waals surface area contributed by atoms with E-state index in [1.165, 1.54) is 27.8 Å². The van der Waals surface area contributed by atoms with Gasteiger partial charge in [-0.3, -0.25) is 4.79 Å². The van der Waals surface area contributed by atoms with Crippen LogP contribution in [0.2, 0.25) is 0 Å². The zero-order chi connectivity index (χ0) is 23.0. The van der Waals surface area contributed by atoms with Crippen LogP contribution in [0, 0.1) is 0 Å². The van der Waals surface area contributed by atoms with E-state index in [0.29, 0.717) is 30.0 Å². The summed E-state index contributed by atoms with van der Waals surface area (Å²) in [5.74, 6) is -0.380. The molecule has 0 saturated carbocycles. The molecule has 0 N–H and O–H groups in total. The predicted molar refractivity (Wildman–Crippen MR) is 132 cm³/mol. The number of nitrogens with zero attached hydrogens (tertiary/aromatic N) is 3. The lowest BCUT2D eigenvalue weighted by Crippen LogP contribution is -2.35. The Hall–Kier alpha value is -2.81. The molecular formula is C25H25N3O3S2. The van der Waals surface area contributed by atoms with Gasteiger partial charge in [-0.05, 0) is 55.5 Å². The smallest absolute Gasteiger partial charge is 0.279 e. The molecule has 0 unspecified atom stereocenters. The van der Waals surface area contributed by atoms with Gasteiger partial charge in [0.1, 0.15) is 0 Å². The number of aromatic nitrogens is 1. The molecule has 1 aliphatic heterocycles. The summed E-state index contributed by atoms with van der Waals surface area (Å²) >= 11 is 1.49. The van der Waals surface area contributed by atoms with Gasteiger partial charge in [0.15, 0.2) is 4.80 Å². The summed E-state index contributed by atoms with van der Waals surface area (Å²) in [4.78, 5) is 18.2. The van der Waals surface area contributed by atoms with Crippen LogP contribution in [0.4, 0.5) is 0 Å². The fraction of sp³-hybridized carbons (Fsp3) is 0.280. The second-order valence-electron chi connectivity index (χ2n) is 8.17. The van der Waals surface area contributed by atoms with Crippen LogP contribution in [-0.2, 0) is 16.6 Å². The van der Waals surface area contributed by atoms with Gasteiger partial charge in [-0.1, -0.05) is 48.1 Å². The maximum absolute atomic E-state index is 13.0. The summed E-state index contributed by atoms with van der Waals surface area (Å²) < 4.78 is 30.4. The molecule has 1 aliphatic rings. The Morgan fingerprint density at radius 2 is 1.70 bits per heavy atom. The van der Waals surface area contributed by atoms with Crippen LogP contribution < -0.4 is 4.80 Å². The molecule has 0 spiro atoms. The van der Waals surface area contributed by atoms with Gasteiger partial charge >= 0.3 is 0 Å². The van der Waals surface area contributed by atoms with Gasteiger partial charge in [-0.2, -0.15) is 9.30 Å². The summed E-state index contributed by atoms with van der Waals surface area (Å²) in [5.41, 5.74) is 1.45. The maximum Gasteiger partial charge on any atom is 0.279 e. The number of aryl methyl sites for hydroxylation is 1. The molecule has 3 aromatic carbocycles. The van der Waals surface area contributed by atoms with E-state index < -0.39 is 10.0 Å². The van der Waals surface area contributed by atoms with E-state index in [-0.39, 0.29) is 10.8 Å². The quantitative estimate of drug-likeness (QED) is 0.422. The second-order valence-corrected chi connectivity index (χ2v) is 11.1. The van der Waals surface area contributed by atoms with E-state index >= 15 is 0 Å². The Morgan fingerprint density at radius 3 is 2.42 bits per heavy atom. The number of benzene rings is 3. The van der Waals surface area contributed by atoms with E-state index in [1.54, 1.807) is 12.1 Å². The number of rotatable bonds is 4. The normalized spacial score (nSPS) is 16.0. The van der Waals surface area contributed by atoms with E-state index in [9.17, 15) is 13.2 Å². The molecule has 8 heteroatoms. The minimum absolute atomic E-state index is 0.220. The van der Waals surface area contributed by atoms with Crippen LogP contribution >= 0.6 is 11.3 Å². The third kappa shape index (κ3) is 4.03. The molecular weight excluding hydrogens is 454 g/mol. The van der Waals surface area contributed by atoms with Crippen LogP contribution in [0.15, 0.2) is 70.6 Å². The molecule has 170 valence electrons. The Kier molecular flexibility index (Phi) is 5.90. The van der Waals surface area contributed by atoms with Gasteiger partial charge in [0.25, 0.3) is 5.91 Å². The van der Waals surface area contributed by atoms with Crippen LogP contribution in [0.1, 0.15) is 36.5 Å². The van der Waals surface area contributed by atoms with Gasteiger partial charge in [-0.25, -0.2) is 8.42 Å². The largest absolute Gasteiger partial charge is 0.316 e. The fourth-order valence-electron chi connectivity index (χ4n) is 4.40. The third-order valence-electron chi connectivity index (χ3n) is 6.13. The molecule has 0 aliphatic carbocycles. The summed E-state index contributed by atoms with van der Waals surface area (Å²) in [6.07, 6.45) is 2.83. The number of carbonyl (C=O) groups is 1. The zero-order valence-corrected chi connectivity index (χ0v) is 20.0. The van der Waals surface area contributed by atoms with E-state index in [4.69, 9.17) is 0 Å². The second kappa shape index (κ2) is 8.85. The van der Waals surface area contributed by atoms with Gasteiger partial charge in [0.05, 0.1) is 15.1 Å². The Balaban J connectivity index is 1.50. The number of carbonyl (C=O) groups excluding carboxylic acids is 1. The first-order chi connectivity index (χ1) is 16.0. The monoisotopic (exact) mass is 479 g/mol. The lowest BCUT2D eigenvalue weighted by molar-refractivity contribution is 0.0997. The van der Waals surface area contributed by atoms with E-state index in [2.05, 4.69) is 33.8 Å². The lowest BCUT2D eigenvalue weighted by Gasteiger charge is -2.25. The summed E-state index contributed by atoms with van der Waals surface area (Å²) in [6, 6.07) is 18.5. The highest BCUT2D eigenvalue weighted by Crippen LogP contribution is 2.27. The van der Waals surface area contributed by atoms with Crippen molar-refractivity contribution in [2.24, 2.45) is 4.99 Å². The van der Waals surface area contributed by atoms with Crippen molar-refractivity contribution in [3.05, 3.63) is 71.0 Å². The van der Waals surface area contributed by atoms with Crippen molar-refractivity contribution in [1.82, 2.24) is 8.87 Å². The van der Waals surface area contributed by atoms with E-state index in [0.717, 1.165) is 40.3 Å². The first-order valence-corrected chi connectivity index (χ1v) is 13.4. The highest BCUT2D eigenvalue weighted by Gasteiger charge is 2.26. The number of sulfonamides is 1. The number of piperidine rings is 1. The van der Waals surface area contributed by atoms with Crippen molar-refractivity contribution in [3.8, 4) is 0 Å². The van der Waals surface area contributed by atoms with Crippen LogP contribution in [0.5, 0.6) is 0 Å². The highest BCUT2D eigenvalue weighted by atomic mass is 32.2. The van der Waals surface area contributed by atoms with Gasteiger partial charge in [-0.15, -0.1) is 0 Å². The molecule has 0 bridgehead atoms. The van der Waals surface area contributed by atoms with E-state index in [1.807, 2.05) is 19.1 Å². The summed E-state index contributed by atoms with van der Waals surface area (Å²) in [6.45, 7) is 3.83. The molecule has 5 rings (SSSR count). The minimum atomic E-state index is -3.52. The minimum Gasteiger partial charge on any atom is -0.316 e. The molecule has 1 saturated heterocycles. The molecule has 6 nitrogen and oxygen atoms in total. The SMILES string of the molecule is CCn1c(=NC(=O)c2ccc(S(=O)(=O)N3CCCCC3)cc2)sc2ccc3ccccc3c21. The predicted octanol–water partition coefficient (Wildman–Crippen LogP) is 4.79. The number of fused-ring (bicyclic) bond motifs is 3. The highest BCUT2D eigenvalue weighted by molar-refractivity contribution is 7.89. The van der Waals surface area contributed by atoms with Crippen LogP contribution in [0.3, 0.4) is 0 Å². The van der Waals surface area contributed by atoms with Crippen LogP contribution in [-0.4, -0.2) is 36.3 Å². The molecule has 2 heterocycles. The lowest BCUT2D eigenvalue weighted by atomic mass is 10.1. The van der Waals surface area contributed by atoms with Crippen molar-refractivity contribution < 1.29 is 13.2 Å². The van der Waals surface area contributed by atoms with Crippen molar-refractivity contribution in [3.63, 3.8) is 0 Å². The first-order valence-electron chi connectivity index (χ1n) is 11.2. The van der Waals surface area contributed by atoms with Crippen molar-refractivity contribution in [2.75, 3.05) is 13.1 Å². The first kappa shape index (κ1) is 22.0. The Morgan fingerprint density at radius 1 is 0.970 bits per heavy atom. The molecule has 4 aromatic rings. The number of thiazole rings is 1. The molecule has 1 amide bonds. The molecule has 1 aromatic heterocycles. The van der Waals surface area contributed by atoms with Crippen molar-refractivity contribution >= 4 is 48.3 Å². The topological polar surface area (TPSA) is 71.7 Å². The molecule has 0 radical (unpaired) electrons. The summed E-state index contributed by atoms with van der Waals surface area (Å²) in [7, 11) is -3.52. The van der Waals surface area contributed by atoms with Gasteiger partial charge in [0.2, 0.25) is 10.0 Å². The zero-order valence-electron chi connectivity index (χ0n) is 18.4. The van der Waals surface area contributed by atoms with Crippen molar-refractivity contribution in [2.45, 2.75) is 37.6 Å². The maximum atomic E-state index is 13.0. The molecule has 0 atom stereocenters. The molecule has 33 heavy (non-hydrogen) atoms. The summed E-state index contributed by atoms with van der Waals surface area (Å²) in [5, 5.41) is 2.28. The standard InChI is InChI=1S/C25H25N3O3S2/c1-2-28-23-21-9-5-4-8-18(21)12-15-22(23)32-25(28)26-24(29)19-10-13-20(14-11-19)33(30,31)27-16-6-3-7-17-27/h4-5,8-15H,2-3,6-7,16-17H2,1H3. The van der Waals surface area contributed by atoms with Gasteiger partial charge < -0.3 is 4.57 Å². The number of hydrogen-bond donors (Lipinski definition) is 0. The average molecular weight is 480 g/mol.